The lowest BCUT2D eigenvalue weighted by Gasteiger charge is -2.12. The Balaban J connectivity index is 1.50. The summed E-state index contributed by atoms with van der Waals surface area (Å²) < 4.78 is 6.48. The summed E-state index contributed by atoms with van der Waals surface area (Å²) in [6.07, 6.45) is 1.56. The molecule has 0 atom stereocenters. The topological polar surface area (TPSA) is 84.5 Å². The minimum Gasteiger partial charge on any atom is -0.483 e. The van der Waals surface area contributed by atoms with Gasteiger partial charge in [-0.1, -0.05) is 52.3 Å². The molecular formula is C22H15BrN2O4S. The molecule has 0 saturated carbocycles. The van der Waals surface area contributed by atoms with Crippen molar-refractivity contribution in [2.45, 2.75) is 0 Å². The highest BCUT2D eigenvalue weighted by Gasteiger charge is 2.25. The number of ether oxygens (including phenoxy) is 1. The van der Waals surface area contributed by atoms with Crippen LogP contribution in [-0.4, -0.2) is 23.7 Å². The average molecular weight is 483 g/mol. The van der Waals surface area contributed by atoms with E-state index in [0.717, 1.165) is 27.0 Å². The minimum atomic E-state index is -0.454. The van der Waals surface area contributed by atoms with Gasteiger partial charge >= 0.3 is 0 Å². The van der Waals surface area contributed by atoms with E-state index in [0.29, 0.717) is 17.0 Å². The molecule has 0 spiro atoms. The Morgan fingerprint density at radius 1 is 1.10 bits per heavy atom. The molecule has 3 aromatic rings. The van der Waals surface area contributed by atoms with Gasteiger partial charge in [0.05, 0.1) is 4.91 Å². The van der Waals surface area contributed by atoms with Crippen molar-refractivity contribution in [2.75, 3.05) is 11.9 Å². The molecule has 30 heavy (non-hydrogen) atoms. The van der Waals surface area contributed by atoms with Crippen molar-refractivity contribution in [3.63, 3.8) is 0 Å². The zero-order valence-corrected chi connectivity index (χ0v) is 17.9. The van der Waals surface area contributed by atoms with E-state index in [2.05, 4.69) is 26.6 Å². The van der Waals surface area contributed by atoms with Gasteiger partial charge in [-0.2, -0.15) is 0 Å². The summed E-state index contributed by atoms with van der Waals surface area (Å²) in [4.78, 5) is 35.9. The predicted molar refractivity (Wildman–Crippen MR) is 121 cm³/mol. The first kappa shape index (κ1) is 20.2. The number of thioether (sulfide) groups is 1. The summed E-state index contributed by atoms with van der Waals surface area (Å²) in [5.41, 5.74) is 1.28. The van der Waals surface area contributed by atoms with Crippen molar-refractivity contribution >= 4 is 67.3 Å². The van der Waals surface area contributed by atoms with E-state index >= 15 is 0 Å². The van der Waals surface area contributed by atoms with Crippen molar-refractivity contribution in [3.05, 3.63) is 75.6 Å². The van der Waals surface area contributed by atoms with Crippen LogP contribution in [0.25, 0.3) is 16.8 Å². The Hall–Kier alpha value is -3.10. The lowest BCUT2D eigenvalue weighted by atomic mass is 10.1. The second kappa shape index (κ2) is 8.73. The quantitative estimate of drug-likeness (QED) is 0.502. The van der Waals surface area contributed by atoms with Crippen molar-refractivity contribution in [3.8, 4) is 5.75 Å². The van der Waals surface area contributed by atoms with E-state index in [1.807, 2.05) is 42.5 Å². The first-order chi connectivity index (χ1) is 14.5. The number of nitrogens with one attached hydrogen (secondary N) is 2. The first-order valence-electron chi connectivity index (χ1n) is 8.94. The summed E-state index contributed by atoms with van der Waals surface area (Å²) in [6, 6.07) is 18.7. The fourth-order valence-corrected chi connectivity index (χ4v) is 4.04. The molecule has 1 heterocycles. The third kappa shape index (κ3) is 4.55. The average Bonchev–Trinajstić information content (AvgIpc) is 3.04. The maximum Gasteiger partial charge on any atom is 0.290 e. The van der Waals surface area contributed by atoms with Crippen LogP contribution >= 0.6 is 27.7 Å². The third-order valence-corrected chi connectivity index (χ3v) is 5.63. The Bertz CT molecular complexity index is 1200. The third-order valence-electron chi connectivity index (χ3n) is 4.32. The molecule has 0 aromatic heterocycles. The summed E-state index contributed by atoms with van der Waals surface area (Å²) in [6.45, 7) is -0.209. The van der Waals surface area contributed by atoms with Gasteiger partial charge in [0, 0.05) is 21.1 Å². The van der Waals surface area contributed by atoms with E-state index in [-0.39, 0.29) is 17.4 Å². The molecule has 1 saturated heterocycles. The van der Waals surface area contributed by atoms with Crippen LogP contribution in [0.1, 0.15) is 5.56 Å². The standard InChI is InChI=1S/C22H15BrN2O4S/c23-15-8-9-18(14(10-15)11-19-21(27)25-22(28)30-19)29-12-20(26)24-17-7-3-5-13-4-1-2-6-16(13)17/h1-11H,12H2,(H,24,26)(H,25,27,28)/b19-11-. The Morgan fingerprint density at radius 3 is 2.70 bits per heavy atom. The van der Waals surface area contributed by atoms with Crippen LogP contribution in [0.5, 0.6) is 5.75 Å². The van der Waals surface area contributed by atoms with Gasteiger partial charge in [0.15, 0.2) is 6.61 Å². The molecule has 0 bridgehead atoms. The number of imide groups is 1. The zero-order valence-electron chi connectivity index (χ0n) is 15.5. The lowest BCUT2D eigenvalue weighted by molar-refractivity contribution is -0.118. The van der Waals surface area contributed by atoms with Gasteiger partial charge in [0.25, 0.3) is 17.1 Å². The number of rotatable bonds is 5. The molecule has 3 amide bonds. The van der Waals surface area contributed by atoms with Gasteiger partial charge in [-0.3, -0.25) is 19.7 Å². The molecule has 3 aromatic carbocycles. The smallest absolute Gasteiger partial charge is 0.290 e. The molecule has 0 aliphatic carbocycles. The second-order valence-electron chi connectivity index (χ2n) is 6.40. The fourth-order valence-electron chi connectivity index (χ4n) is 2.99. The number of amides is 3. The Labute approximate surface area is 184 Å². The fraction of sp³-hybridized carbons (Fsp3) is 0.0455. The van der Waals surface area contributed by atoms with E-state index < -0.39 is 11.1 Å². The molecule has 1 aliphatic heterocycles. The van der Waals surface area contributed by atoms with Crippen LogP contribution in [0.15, 0.2) is 70.0 Å². The van der Waals surface area contributed by atoms with Gasteiger partial charge in [0.2, 0.25) is 0 Å². The van der Waals surface area contributed by atoms with Crippen molar-refractivity contribution in [2.24, 2.45) is 0 Å². The molecule has 0 unspecified atom stereocenters. The largest absolute Gasteiger partial charge is 0.483 e. The molecule has 8 heteroatoms. The molecule has 1 fully saturated rings. The monoisotopic (exact) mass is 482 g/mol. The number of halogens is 1. The van der Waals surface area contributed by atoms with Crippen molar-refractivity contribution in [1.82, 2.24) is 5.32 Å². The number of fused-ring (bicyclic) bond motifs is 1. The van der Waals surface area contributed by atoms with Crippen molar-refractivity contribution < 1.29 is 19.1 Å². The summed E-state index contributed by atoms with van der Waals surface area (Å²) in [5, 5.41) is 6.63. The van der Waals surface area contributed by atoms with E-state index in [1.54, 1.807) is 24.3 Å². The van der Waals surface area contributed by atoms with E-state index in [4.69, 9.17) is 4.74 Å². The highest BCUT2D eigenvalue weighted by molar-refractivity contribution is 9.10. The number of hydrogen-bond donors (Lipinski definition) is 2. The van der Waals surface area contributed by atoms with Gasteiger partial charge in [-0.25, -0.2) is 0 Å². The van der Waals surface area contributed by atoms with Crippen LogP contribution < -0.4 is 15.4 Å². The van der Waals surface area contributed by atoms with Crippen molar-refractivity contribution in [1.29, 1.82) is 0 Å². The molecule has 1 aliphatic rings. The SMILES string of the molecule is O=C(COc1ccc(Br)cc1/C=C1\SC(=O)NC1=O)Nc1cccc2ccccc12. The van der Waals surface area contributed by atoms with Gasteiger partial charge in [-0.15, -0.1) is 0 Å². The molecule has 150 valence electrons. The first-order valence-corrected chi connectivity index (χ1v) is 10.6. The summed E-state index contributed by atoms with van der Waals surface area (Å²) in [5.74, 6) is -0.341. The normalized spacial score (nSPS) is 14.8. The highest BCUT2D eigenvalue weighted by Crippen LogP contribution is 2.31. The summed E-state index contributed by atoms with van der Waals surface area (Å²) in [7, 11) is 0. The second-order valence-corrected chi connectivity index (χ2v) is 8.33. The van der Waals surface area contributed by atoms with Crippen LogP contribution in [0.2, 0.25) is 0 Å². The number of carbonyl (C=O) groups is 3. The number of hydrogen-bond acceptors (Lipinski definition) is 5. The van der Waals surface area contributed by atoms with Crippen LogP contribution in [0.4, 0.5) is 10.5 Å². The highest BCUT2D eigenvalue weighted by atomic mass is 79.9. The van der Waals surface area contributed by atoms with Gasteiger partial charge in [-0.05, 0) is 47.5 Å². The lowest BCUT2D eigenvalue weighted by Crippen LogP contribution is -2.20. The maximum absolute atomic E-state index is 12.5. The number of anilines is 1. The van der Waals surface area contributed by atoms with Gasteiger partial charge < -0.3 is 10.1 Å². The molecule has 0 radical (unpaired) electrons. The minimum absolute atomic E-state index is 0.209. The number of benzene rings is 3. The van der Waals surface area contributed by atoms with Crippen LogP contribution in [-0.2, 0) is 9.59 Å². The molecule has 6 nitrogen and oxygen atoms in total. The summed E-state index contributed by atoms with van der Waals surface area (Å²) >= 11 is 4.20. The molecule has 2 N–H and O–H groups in total. The molecular weight excluding hydrogens is 468 g/mol. The molecule has 4 rings (SSSR count). The Kier molecular flexibility index (Phi) is 5.87. The van der Waals surface area contributed by atoms with Crippen LogP contribution in [0, 0.1) is 0 Å². The van der Waals surface area contributed by atoms with E-state index in [1.165, 1.54) is 0 Å². The predicted octanol–water partition coefficient (Wildman–Crippen LogP) is 4.94. The Morgan fingerprint density at radius 2 is 1.90 bits per heavy atom. The van der Waals surface area contributed by atoms with Crippen LogP contribution in [0.3, 0.4) is 0 Å². The van der Waals surface area contributed by atoms with Gasteiger partial charge in [0.1, 0.15) is 5.75 Å². The maximum atomic E-state index is 12.5. The zero-order chi connectivity index (χ0) is 21.1. The van der Waals surface area contributed by atoms with E-state index in [9.17, 15) is 14.4 Å². The number of carbonyl (C=O) groups excluding carboxylic acids is 3.